The first-order valence-electron chi connectivity index (χ1n) is 5.97. The molecule has 8 heteroatoms. The van der Waals surface area contributed by atoms with E-state index < -0.39 is 17.7 Å². The molecular formula is C13H12F4N4. The molecule has 0 aliphatic heterocycles. The van der Waals surface area contributed by atoms with E-state index in [0.29, 0.717) is 11.3 Å². The van der Waals surface area contributed by atoms with Crippen LogP contribution in [0.25, 0.3) is 0 Å². The molecule has 0 radical (unpaired) electrons. The Bertz CT molecular complexity index is 655. The van der Waals surface area contributed by atoms with Crippen molar-refractivity contribution < 1.29 is 17.6 Å². The summed E-state index contributed by atoms with van der Waals surface area (Å²) in [5.74, 6) is -0.751. The summed E-state index contributed by atoms with van der Waals surface area (Å²) in [4.78, 5) is 7.22. The van der Waals surface area contributed by atoms with Crippen LogP contribution in [0.1, 0.15) is 11.3 Å². The van der Waals surface area contributed by atoms with E-state index in [4.69, 9.17) is 0 Å². The summed E-state index contributed by atoms with van der Waals surface area (Å²) < 4.78 is 51.5. The number of benzene rings is 1. The highest BCUT2D eigenvalue weighted by atomic mass is 19.4. The Kier molecular flexibility index (Phi) is 3.97. The highest BCUT2D eigenvalue weighted by molar-refractivity contribution is 5.61. The van der Waals surface area contributed by atoms with Gasteiger partial charge in [0, 0.05) is 18.8 Å². The van der Waals surface area contributed by atoms with Gasteiger partial charge in [-0.2, -0.15) is 18.2 Å². The van der Waals surface area contributed by atoms with Gasteiger partial charge in [-0.3, -0.25) is 0 Å². The first-order chi connectivity index (χ1) is 9.79. The second-order valence-electron chi connectivity index (χ2n) is 4.29. The fourth-order valence-electron chi connectivity index (χ4n) is 1.64. The lowest BCUT2D eigenvalue weighted by Gasteiger charge is -2.13. The number of hydrogen-bond acceptors (Lipinski definition) is 4. The van der Waals surface area contributed by atoms with E-state index in [0.717, 1.165) is 6.07 Å². The van der Waals surface area contributed by atoms with Gasteiger partial charge in [0.25, 0.3) is 0 Å². The first-order valence-corrected chi connectivity index (χ1v) is 5.97. The van der Waals surface area contributed by atoms with Crippen molar-refractivity contribution in [1.82, 2.24) is 9.97 Å². The van der Waals surface area contributed by atoms with E-state index in [9.17, 15) is 17.6 Å². The summed E-state index contributed by atoms with van der Waals surface area (Å²) in [5.41, 5.74) is -0.0723. The second-order valence-corrected chi connectivity index (χ2v) is 4.29. The van der Waals surface area contributed by atoms with Crippen LogP contribution in [0.3, 0.4) is 0 Å². The summed E-state index contributed by atoms with van der Waals surface area (Å²) in [5, 5.41) is 5.12. The molecule has 0 aliphatic rings. The molecule has 112 valence electrons. The fraction of sp³-hybridized carbons (Fsp3) is 0.231. The average Bonchev–Trinajstić information content (AvgIpc) is 2.41. The first kappa shape index (κ1) is 15.0. The van der Waals surface area contributed by atoms with Crippen LogP contribution in [-0.2, 0) is 6.18 Å². The second kappa shape index (κ2) is 5.55. The van der Waals surface area contributed by atoms with Gasteiger partial charge in [0.1, 0.15) is 11.6 Å². The van der Waals surface area contributed by atoms with Gasteiger partial charge in [-0.05, 0) is 24.6 Å². The van der Waals surface area contributed by atoms with Crippen molar-refractivity contribution in [3.05, 3.63) is 41.3 Å². The van der Waals surface area contributed by atoms with Gasteiger partial charge in [0.15, 0.2) is 5.69 Å². The molecule has 0 spiro atoms. The van der Waals surface area contributed by atoms with Gasteiger partial charge in [-0.15, -0.1) is 0 Å². The van der Waals surface area contributed by atoms with Crippen LogP contribution >= 0.6 is 0 Å². The van der Waals surface area contributed by atoms with Gasteiger partial charge in [-0.1, -0.05) is 6.07 Å². The maximum atomic E-state index is 13.2. The SMILES string of the molecule is CNc1nc(Nc2cc(F)ccc2C)cc(C(F)(F)F)n1. The van der Waals surface area contributed by atoms with Crippen LogP contribution in [-0.4, -0.2) is 17.0 Å². The Hall–Kier alpha value is -2.38. The predicted molar refractivity (Wildman–Crippen MR) is 71.0 cm³/mol. The number of nitrogens with zero attached hydrogens (tertiary/aromatic N) is 2. The van der Waals surface area contributed by atoms with Crippen LogP contribution in [0.15, 0.2) is 24.3 Å². The highest BCUT2D eigenvalue weighted by Crippen LogP contribution is 2.30. The van der Waals surface area contributed by atoms with Crippen LogP contribution in [0, 0.1) is 12.7 Å². The number of halogens is 4. The zero-order valence-electron chi connectivity index (χ0n) is 11.2. The molecule has 0 aliphatic carbocycles. The summed E-state index contributed by atoms with van der Waals surface area (Å²) in [6.07, 6.45) is -4.60. The topological polar surface area (TPSA) is 49.8 Å². The lowest BCUT2D eigenvalue weighted by atomic mass is 10.2. The number of rotatable bonds is 3. The molecule has 0 amide bonds. The lowest BCUT2D eigenvalue weighted by molar-refractivity contribution is -0.141. The minimum atomic E-state index is -4.60. The van der Waals surface area contributed by atoms with Gasteiger partial charge < -0.3 is 10.6 Å². The molecule has 1 aromatic carbocycles. The number of hydrogen-bond donors (Lipinski definition) is 2. The molecule has 21 heavy (non-hydrogen) atoms. The van der Waals surface area contributed by atoms with E-state index in [1.807, 2.05) is 0 Å². The van der Waals surface area contributed by atoms with Crippen molar-refractivity contribution >= 4 is 17.5 Å². The Morgan fingerprint density at radius 3 is 2.43 bits per heavy atom. The Morgan fingerprint density at radius 1 is 1.10 bits per heavy atom. The zero-order chi connectivity index (χ0) is 15.6. The molecule has 2 rings (SSSR count). The molecule has 2 aromatic rings. The van der Waals surface area contributed by atoms with Gasteiger partial charge >= 0.3 is 6.18 Å². The lowest BCUT2D eigenvalue weighted by Crippen LogP contribution is -2.12. The van der Waals surface area contributed by atoms with Crippen molar-refractivity contribution in [1.29, 1.82) is 0 Å². The smallest absolute Gasteiger partial charge is 0.357 e. The third-order valence-corrected chi connectivity index (χ3v) is 2.70. The standard InChI is InChI=1S/C13H12F4N4/c1-7-3-4-8(14)5-9(7)19-11-6-10(13(15,16)17)20-12(18-2)21-11/h3-6H,1-2H3,(H2,18,19,20,21). The number of nitrogens with one attached hydrogen (secondary N) is 2. The fourth-order valence-corrected chi connectivity index (χ4v) is 1.64. The molecule has 1 aromatic heterocycles. The molecule has 0 atom stereocenters. The molecule has 0 bridgehead atoms. The summed E-state index contributed by atoms with van der Waals surface area (Å²) >= 11 is 0. The number of anilines is 3. The summed E-state index contributed by atoms with van der Waals surface area (Å²) in [6.45, 7) is 1.70. The molecule has 2 N–H and O–H groups in total. The normalized spacial score (nSPS) is 11.3. The zero-order valence-corrected chi connectivity index (χ0v) is 11.2. The molecule has 0 unspecified atom stereocenters. The molecular weight excluding hydrogens is 288 g/mol. The van der Waals surface area contributed by atoms with Crippen molar-refractivity contribution in [2.45, 2.75) is 13.1 Å². The molecule has 1 heterocycles. The predicted octanol–water partition coefficient (Wildman–Crippen LogP) is 3.73. The van der Waals surface area contributed by atoms with Crippen LogP contribution in [0.2, 0.25) is 0 Å². The van der Waals surface area contributed by atoms with Crippen molar-refractivity contribution in [2.75, 3.05) is 17.7 Å². The monoisotopic (exact) mass is 300 g/mol. The molecule has 4 nitrogen and oxygen atoms in total. The maximum Gasteiger partial charge on any atom is 0.433 e. The van der Waals surface area contributed by atoms with E-state index in [1.54, 1.807) is 6.92 Å². The van der Waals surface area contributed by atoms with E-state index in [2.05, 4.69) is 20.6 Å². The number of aromatic nitrogens is 2. The van der Waals surface area contributed by atoms with Crippen molar-refractivity contribution in [2.24, 2.45) is 0 Å². The molecule has 0 fully saturated rings. The minimum absolute atomic E-state index is 0.0737. The minimum Gasteiger partial charge on any atom is -0.357 e. The largest absolute Gasteiger partial charge is 0.433 e. The van der Waals surface area contributed by atoms with Gasteiger partial charge in [-0.25, -0.2) is 9.37 Å². The summed E-state index contributed by atoms with van der Waals surface area (Å²) in [7, 11) is 1.41. The molecule has 0 saturated heterocycles. The summed E-state index contributed by atoms with van der Waals surface area (Å²) in [6, 6.07) is 4.73. The molecule has 0 saturated carbocycles. The maximum absolute atomic E-state index is 13.2. The van der Waals surface area contributed by atoms with Crippen LogP contribution in [0.5, 0.6) is 0 Å². The number of alkyl halides is 3. The Morgan fingerprint density at radius 2 is 1.81 bits per heavy atom. The average molecular weight is 300 g/mol. The Labute approximate surface area is 118 Å². The highest BCUT2D eigenvalue weighted by Gasteiger charge is 2.33. The number of aryl methyl sites for hydroxylation is 1. The van der Waals surface area contributed by atoms with Crippen LogP contribution in [0.4, 0.5) is 35.0 Å². The van der Waals surface area contributed by atoms with Gasteiger partial charge in [0.2, 0.25) is 5.95 Å². The van der Waals surface area contributed by atoms with E-state index >= 15 is 0 Å². The van der Waals surface area contributed by atoms with Gasteiger partial charge in [0.05, 0.1) is 0 Å². The third kappa shape index (κ3) is 3.59. The third-order valence-electron chi connectivity index (χ3n) is 2.70. The quantitative estimate of drug-likeness (QED) is 0.848. The van der Waals surface area contributed by atoms with Crippen molar-refractivity contribution in [3.63, 3.8) is 0 Å². The van der Waals surface area contributed by atoms with Crippen LogP contribution < -0.4 is 10.6 Å². The van der Waals surface area contributed by atoms with E-state index in [-0.39, 0.29) is 11.8 Å². The van der Waals surface area contributed by atoms with Crippen molar-refractivity contribution in [3.8, 4) is 0 Å². The van der Waals surface area contributed by atoms with E-state index in [1.165, 1.54) is 25.2 Å². The Balaban J connectivity index is 2.42.